The van der Waals surface area contributed by atoms with Crippen molar-refractivity contribution in [3.8, 4) is 0 Å². The lowest BCUT2D eigenvalue weighted by Crippen LogP contribution is -2.35. The lowest BCUT2D eigenvalue weighted by Gasteiger charge is -2.12. The molecule has 2 atom stereocenters. The van der Waals surface area contributed by atoms with Crippen LogP contribution in [0.15, 0.2) is 0 Å². The molecule has 0 aromatic rings. The zero-order valence-corrected chi connectivity index (χ0v) is 11.9. The molecule has 0 radical (unpaired) electrons. The van der Waals surface area contributed by atoms with Gasteiger partial charge in [-0.2, -0.15) is 0 Å². The van der Waals surface area contributed by atoms with E-state index in [1.54, 1.807) is 6.92 Å². The van der Waals surface area contributed by atoms with Crippen LogP contribution in [0.4, 0.5) is 0 Å². The van der Waals surface area contributed by atoms with Crippen LogP contribution in [0.3, 0.4) is 0 Å². The van der Waals surface area contributed by atoms with Crippen LogP contribution in [0.5, 0.6) is 0 Å². The fourth-order valence-corrected chi connectivity index (χ4v) is 1.52. The SMILES string of the molecule is CCC(C)NC(=O)CCNC(=O)CC(C)CC(=O)O. The minimum absolute atomic E-state index is 0.0259. The van der Waals surface area contributed by atoms with Crippen molar-refractivity contribution in [1.82, 2.24) is 10.6 Å². The topological polar surface area (TPSA) is 95.5 Å². The summed E-state index contributed by atoms with van der Waals surface area (Å²) in [6.07, 6.45) is 1.25. The molecule has 110 valence electrons. The largest absolute Gasteiger partial charge is 0.481 e. The summed E-state index contributed by atoms with van der Waals surface area (Å²) in [5.41, 5.74) is 0. The number of carboxylic acids is 1. The summed E-state index contributed by atoms with van der Waals surface area (Å²) in [7, 11) is 0. The molecule has 6 nitrogen and oxygen atoms in total. The van der Waals surface area contributed by atoms with Gasteiger partial charge in [-0.15, -0.1) is 0 Å². The maximum Gasteiger partial charge on any atom is 0.303 e. The first-order chi connectivity index (χ1) is 8.85. The van der Waals surface area contributed by atoms with Crippen molar-refractivity contribution in [2.75, 3.05) is 6.54 Å². The van der Waals surface area contributed by atoms with E-state index >= 15 is 0 Å². The first-order valence-electron chi connectivity index (χ1n) is 6.63. The molecular formula is C13H24N2O4. The highest BCUT2D eigenvalue weighted by Gasteiger charge is 2.12. The predicted octanol–water partition coefficient (Wildman–Crippen LogP) is 0.908. The fraction of sp³-hybridized carbons (Fsp3) is 0.769. The van der Waals surface area contributed by atoms with Gasteiger partial charge in [-0.1, -0.05) is 13.8 Å². The van der Waals surface area contributed by atoms with E-state index in [0.29, 0.717) is 0 Å². The monoisotopic (exact) mass is 272 g/mol. The average Bonchev–Trinajstić information content (AvgIpc) is 2.27. The Balaban J connectivity index is 3.74. The summed E-state index contributed by atoms with van der Waals surface area (Å²) in [6, 6.07) is 0.138. The minimum atomic E-state index is -0.909. The quantitative estimate of drug-likeness (QED) is 0.581. The molecule has 2 unspecified atom stereocenters. The van der Waals surface area contributed by atoms with E-state index in [1.165, 1.54) is 0 Å². The van der Waals surface area contributed by atoms with Gasteiger partial charge in [0.05, 0.1) is 0 Å². The van der Waals surface area contributed by atoms with Crippen molar-refractivity contribution in [3.63, 3.8) is 0 Å². The number of carbonyl (C=O) groups is 3. The van der Waals surface area contributed by atoms with E-state index in [9.17, 15) is 14.4 Å². The molecule has 2 amide bonds. The lowest BCUT2D eigenvalue weighted by molar-refractivity contribution is -0.138. The molecule has 19 heavy (non-hydrogen) atoms. The van der Waals surface area contributed by atoms with Gasteiger partial charge < -0.3 is 15.7 Å². The van der Waals surface area contributed by atoms with E-state index in [0.717, 1.165) is 6.42 Å². The number of aliphatic carboxylic acids is 1. The maximum absolute atomic E-state index is 11.5. The number of carboxylic acid groups (broad SMARTS) is 1. The van der Waals surface area contributed by atoms with E-state index < -0.39 is 5.97 Å². The van der Waals surface area contributed by atoms with E-state index in [1.807, 2.05) is 13.8 Å². The zero-order valence-electron chi connectivity index (χ0n) is 11.9. The average molecular weight is 272 g/mol. The van der Waals surface area contributed by atoms with Crippen molar-refractivity contribution in [3.05, 3.63) is 0 Å². The van der Waals surface area contributed by atoms with Crippen LogP contribution < -0.4 is 10.6 Å². The highest BCUT2D eigenvalue weighted by Crippen LogP contribution is 2.06. The van der Waals surface area contributed by atoms with E-state index in [-0.39, 0.29) is 49.6 Å². The van der Waals surface area contributed by atoms with Gasteiger partial charge in [0.25, 0.3) is 0 Å². The minimum Gasteiger partial charge on any atom is -0.481 e. The normalized spacial score (nSPS) is 13.4. The Morgan fingerprint density at radius 3 is 2.26 bits per heavy atom. The second-order valence-corrected chi connectivity index (χ2v) is 4.88. The molecule has 0 bridgehead atoms. The maximum atomic E-state index is 11.5. The summed E-state index contributed by atoms with van der Waals surface area (Å²) in [5.74, 6) is -1.42. The zero-order chi connectivity index (χ0) is 14.8. The Labute approximate surface area is 113 Å². The molecule has 6 heteroatoms. The van der Waals surface area contributed by atoms with E-state index in [4.69, 9.17) is 5.11 Å². The number of hydrogen-bond donors (Lipinski definition) is 3. The van der Waals surface area contributed by atoms with Gasteiger partial charge in [0, 0.05) is 31.8 Å². The lowest BCUT2D eigenvalue weighted by atomic mass is 10.0. The van der Waals surface area contributed by atoms with Crippen LogP contribution in [-0.4, -0.2) is 35.5 Å². The molecule has 0 fully saturated rings. The van der Waals surface area contributed by atoms with E-state index in [2.05, 4.69) is 10.6 Å². The second-order valence-electron chi connectivity index (χ2n) is 4.88. The molecule has 0 aliphatic carbocycles. The molecular weight excluding hydrogens is 248 g/mol. The number of carbonyl (C=O) groups excluding carboxylic acids is 2. The van der Waals surface area contributed by atoms with Gasteiger partial charge in [-0.25, -0.2) is 0 Å². The van der Waals surface area contributed by atoms with Gasteiger partial charge in [0.15, 0.2) is 0 Å². The summed E-state index contributed by atoms with van der Waals surface area (Å²) < 4.78 is 0. The smallest absolute Gasteiger partial charge is 0.303 e. The standard InChI is InChI=1S/C13H24N2O4/c1-4-10(3)15-11(16)5-6-14-12(17)7-9(2)8-13(18)19/h9-10H,4-8H2,1-3H3,(H,14,17)(H,15,16)(H,18,19). The molecule has 3 N–H and O–H groups in total. The Morgan fingerprint density at radius 2 is 1.74 bits per heavy atom. The number of rotatable bonds is 9. The van der Waals surface area contributed by atoms with Crippen molar-refractivity contribution in [1.29, 1.82) is 0 Å². The van der Waals surface area contributed by atoms with Crippen molar-refractivity contribution < 1.29 is 19.5 Å². The third-order valence-corrected chi connectivity index (χ3v) is 2.75. The molecule has 0 saturated carbocycles. The molecule has 0 aromatic carbocycles. The van der Waals surface area contributed by atoms with Gasteiger partial charge >= 0.3 is 5.97 Å². The highest BCUT2D eigenvalue weighted by molar-refractivity contribution is 5.79. The van der Waals surface area contributed by atoms with Gasteiger partial charge in [-0.3, -0.25) is 14.4 Å². The molecule has 0 spiro atoms. The molecule has 0 aromatic heterocycles. The number of amides is 2. The summed E-state index contributed by atoms with van der Waals surface area (Å²) in [6.45, 7) is 5.89. The van der Waals surface area contributed by atoms with Crippen molar-refractivity contribution in [2.24, 2.45) is 5.92 Å². The Morgan fingerprint density at radius 1 is 1.11 bits per heavy atom. The molecule has 0 heterocycles. The number of nitrogens with one attached hydrogen (secondary N) is 2. The Kier molecular flexibility index (Phi) is 8.57. The van der Waals surface area contributed by atoms with Crippen LogP contribution >= 0.6 is 0 Å². The Bertz CT molecular complexity index is 318. The molecule has 0 saturated heterocycles. The Hall–Kier alpha value is -1.59. The summed E-state index contributed by atoms with van der Waals surface area (Å²) in [4.78, 5) is 33.3. The third kappa shape index (κ3) is 10.1. The third-order valence-electron chi connectivity index (χ3n) is 2.75. The molecule has 0 aliphatic rings. The second kappa shape index (κ2) is 9.35. The van der Waals surface area contributed by atoms with Crippen LogP contribution in [0, 0.1) is 5.92 Å². The summed E-state index contributed by atoms with van der Waals surface area (Å²) in [5, 5.41) is 14.0. The predicted molar refractivity (Wildman–Crippen MR) is 71.6 cm³/mol. The van der Waals surface area contributed by atoms with Gasteiger partial charge in [0.1, 0.15) is 0 Å². The first kappa shape index (κ1) is 17.4. The van der Waals surface area contributed by atoms with Crippen molar-refractivity contribution in [2.45, 2.75) is 52.5 Å². The van der Waals surface area contributed by atoms with Crippen LogP contribution in [0.2, 0.25) is 0 Å². The first-order valence-corrected chi connectivity index (χ1v) is 6.63. The summed E-state index contributed by atoms with van der Waals surface area (Å²) >= 11 is 0. The van der Waals surface area contributed by atoms with Gasteiger partial charge in [-0.05, 0) is 19.3 Å². The van der Waals surface area contributed by atoms with Crippen LogP contribution in [0.25, 0.3) is 0 Å². The highest BCUT2D eigenvalue weighted by atomic mass is 16.4. The molecule has 0 rings (SSSR count). The van der Waals surface area contributed by atoms with Crippen LogP contribution in [0.1, 0.15) is 46.5 Å². The van der Waals surface area contributed by atoms with Crippen molar-refractivity contribution >= 4 is 17.8 Å². The van der Waals surface area contributed by atoms with Crippen LogP contribution in [-0.2, 0) is 14.4 Å². The fourth-order valence-electron chi connectivity index (χ4n) is 1.52. The molecule has 0 aliphatic heterocycles. The number of hydrogen-bond acceptors (Lipinski definition) is 3. The van der Waals surface area contributed by atoms with Gasteiger partial charge in [0.2, 0.25) is 11.8 Å².